The summed E-state index contributed by atoms with van der Waals surface area (Å²) < 4.78 is 10.9. The van der Waals surface area contributed by atoms with Gasteiger partial charge in [-0.1, -0.05) is 12.1 Å². The average Bonchev–Trinajstić information content (AvgIpc) is 2.60. The van der Waals surface area contributed by atoms with Crippen molar-refractivity contribution in [3.8, 4) is 22.6 Å². The molecule has 118 valence electrons. The van der Waals surface area contributed by atoms with E-state index in [9.17, 15) is 14.7 Å². The highest BCUT2D eigenvalue weighted by molar-refractivity contribution is 5.96. The maximum Gasteiger partial charge on any atom is 0.339 e. The number of rotatable bonds is 3. The zero-order valence-corrected chi connectivity index (χ0v) is 12.5. The fourth-order valence-corrected chi connectivity index (χ4v) is 2.46. The fraction of sp³-hybridized carbons (Fsp3) is 0.176. The minimum Gasteiger partial charge on any atom is -0.486 e. The van der Waals surface area contributed by atoms with Crippen LogP contribution < -0.4 is 14.8 Å². The molecule has 6 nitrogen and oxygen atoms in total. The van der Waals surface area contributed by atoms with E-state index in [0.29, 0.717) is 30.1 Å². The van der Waals surface area contributed by atoms with Crippen LogP contribution in [0.1, 0.15) is 20.7 Å². The van der Waals surface area contributed by atoms with E-state index in [4.69, 9.17) is 9.47 Å². The molecular formula is C17H15NO5. The van der Waals surface area contributed by atoms with Gasteiger partial charge in [-0.3, -0.25) is 4.79 Å². The molecule has 0 unspecified atom stereocenters. The molecule has 1 aliphatic rings. The van der Waals surface area contributed by atoms with E-state index in [-0.39, 0.29) is 17.2 Å². The standard InChI is InChI=1S/C17H15NO5/c1-18-16(19)11-4-2-3-10(7-11)12-8-13(17(20)21)15-14(9-12)22-5-6-23-15/h2-4,7-9H,5-6H2,1H3,(H,18,19)(H,20,21). The number of carbonyl (C=O) groups is 2. The summed E-state index contributed by atoms with van der Waals surface area (Å²) in [5.41, 5.74) is 1.92. The van der Waals surface area contributed by atoms with Crippen molar-refractivity contribution in [3.05, 3.63) is 47.5 Å². The second kappa shape index (κ2) is 6.00. The molecule has 2 N–H and O–H groups in total. The Labute approximate surface area is 132 Å². The van der Waals surface area contributed by atoms with Gasteiger partial charge in [0.1, 0.15) is 18.8 Å². The van der Waals surface area contributed by atoms with Crippen molar-refractivity contribution in [1.82, 2.24) is 5.32 Å². The second-order valence-electron chi connectivity index (χ2n) is 5.01. The molecular weight excluding hydrogens is 298 g/mol. The molecule has 0 fully saturated rings. The molecule has 0 bridgehead atoms. The van der Waals surface area contributed by atoms with Crippen LogP contribution in [0.3, 0.4) is 0 Å². The summed E-state index contributed by atoms with van der Waals surface area (Å²) in [6.07, 6.45) is 0. The highest BCUT2D eigenvalue weighted by Crippen LogP contribution is 2.38. The third-order valence-electron chi connectivity index (χ3n) is 3.56. The SMILES string of the molecule is CNC(=O)c1cccc(-c2cc3c(c(C(=O)O)c2)OCCO3)c1. The summed E-state index contributed by atoms with van der Waals surface area (Å²) >= 11 is 0. The van der Waals surface area contributed by atoms with Gasteiger partial charge in [0.15, 0.2) is 11.5 Å². The Hall–Kier alpha value is -3.02. The number of hydrogen-bond donors (Lipinski definition) is 2. The first-order valence-electron chi connectivity index (χ1n) is 7.09. The van der Waals surface area contributed by atoms with E-state index in [1.165, 1.54) is 6.07 Å². The number of fused-ring (bicyclic) bond motifs is 1. The Kier molecular flexibility index (Phi) is 3.89. The summed E-state index contributed by atoms with van der Waals surface area (Å²) in [5, 5.41) is 12.0. The summed E-state index contributed by atoms with van der Waals surface area (Å²) in [5.74, 6) is -0.648. The van der Waals surface area contributed by atoms with Crippen LogP contribution in [0.25, 0.3) is 11.1 Å². The highest BCUT2D eigenvalue weighted by atomic mass is 16.6. The van der Waals surface area contributed by atoms with E-state index in [1.54, 1.807) is 31.3 Å². The van der Waals surface area contributed by atoms with Gasteiger partial charge in [0.25, 0.3) is 5.91 Å². The molecule has 0 saturated heterocycles. The zero-order chi connectivity index (χ0) is 16.4. The number of carbonyl (C=O) groups excluding carboxylic acids is 1. The highest BCUT2D eigenvalue weighted by Gasteiger charge is 2.22. The molecule has 1 heterocycles. The second-order valence-corrected chi connectivity index (χ2v) is 5.01. The third-order valence-corrected chi connectivity index (χ3v) is 3.56. The maximum absolute atomic E-state index is 11.8. The predicted octanol–water partition coefficient (Wildman–Crippen LogP) is 2.18. The summed E-state index contributed by atoms with van der Waals surface area (Å²) in [4.78, 5) is 23.2. The lowest BCUT2D eigenvalue weighted by molar-refractivity contribution is 0.0686. The van der Waals surface area contributed by atoms with Gasteiger partial charge in [0.05, 0.1) is 0 Å². The molecule has 23 heavy (non-hydrogen) atoms. The molecule has 0 atom stereocenters. The van der Waals surface area contributed by atoms with Gasteiger partial charge < -0.3 is 19.9 Å². The summed E-state index contributed by atoms with van der Waals surface area (Å²) in [7, 11) is 1.56. The maximum atomic E-state index is 11.8. The lowest BCUT2D eigenvalue weighted by atomic mass is 9.99. The molecule has 3 rings (SSSR count). The van der Waals surface area contributed by atoms with Crippen molar-refractivity contribution in [2.45, 2.75) is 0 Å². The van der Waals surface area contributed by atoms with Crippen LogP contribution in [0, 0.1) is 0 Å². The van der Waals surface area contributed by atoms with E-state index in [1.807, 2.05) is 6.07 Å². The fourth-order valence-electron chi connectivity index (χ4n) is 2.46. The molecule has 0 aromatic heterocycles. The van der Waals surface area contributed by atoms with Gasteiger partial charge in [-0.2, -0.15) is 0 Å². The van der Waals surface area contributed by atoms with Crippen LogP contribution in [0.15, 0.2) is 36.4 Å². The number of ether oxygens (including phenoxy) is 2. The van der Waals surface area contributed by atoms with E-state index in [2.05, 4.69) is 5.32 Å². The van der Waals surface area contributed by atoms with Crippen LogP contribution in [-0.2, 0) is 0 Å². The number of amides is 1. The number of hydrogen-bond acceptors (Lipinski definition) is 4. The molecule has 0 aliphatic carbocycles. The number of benzene rings is 2. The molecule has 1 amide bonds. The van der Waals surface area contributed by atoms with Crippen molar-refractivity contribution in [3.63, 3.8) is 0 Å². The van der Waals surface area contributed by atoms with Crippen molar-refractivity contribution in [1.29, 1.82) is 0 Å². The Morgan fingerprint density at radius 3 is 2.61 bits per heavy atom. The first-order chi connectivity index (χ1) is 11.1. The van der Waals surface area contributed by atoms with Gasteiger partial charge >= 0.3 is 5.97 Å². The number of aromatic carboxylic acids is 1. The number of nitrogens with one attached hydrogen (secondary N) is 1. The van der Waals surface area contributed by atoms with Crippen LogP contribution in [0.4, 0.5) is 0 Å². The first kappa shape index (κ1) is 14.9. The van der Waals surface area contributed by atoms with Crippen LogP contribution in [0.5, 0.6) is 11.5 Å². The van der Waals surface area contributed by atoms with Crippen LogP contribution >= 0.6 is 0 Å². The first-order valence-corrected chi connectivity index (χ1v) is 7.09. The topological polar surface area (TPSA) is 84.9 Å². The Bertz CT molecular complexity index is 785. The molecule has 6 heteroatoms. The molecule has 2 aromatic rings. The smallest absolute Gasteiger partial charge is 0.339 e. The third kappa shape index (κ3) is 2.83. The van der Waals surface area contributed by atoms with E-state index in [0.717, 1.165) is 5.56 Å². The largest absolute Gasteiger partial charge is 0.486 e. The van der Waals surface area contributed by atoms with Crippen molar-refractivity contribution < 1.29 is 24.2 Å². The molecule has 0 saturated carbocycles. The van der Waals surface area contributed by atoms with Gasteiger partial charge in [-0.25, -0.2) is 4.79 Å². The Morgan fingerprint density at radius 1 is 1.09 bits per heavy atom. The van der Waals surface area contributed by atoms with Gasteiger partial charge in [0, 0.05) is 12.6 Å². The lowest BCUT2D eigenvalue weighted by Crippen LogP contribution is -2.18. The monoisotopic (exact) mass is 313 g/mol. The van der Waals surface area contributed by atoms with E-state index >= 15 is 0 Å². The van der Waals surface area contributed by atoms with Crippen LogP contribution in [-0.4, -0.2) is 37.2 Å². The van der Waals surface area contributed by atoms with Crippen molar-refractivity contribution in [2.75, 3.05) is 20.3 Å². The summed E-state index contributed by atoms with van der Waals surface area (Å²) in [6.45, 7) is 0.687. The Morgan fingerprint density at radius 2 is 1.87 bits per heavy atom. The van der Waals surface area contributed by atoms with Gasteiger partial charge in [-0.05, 0) is 35.4 Å². The zero-order valence-electron chi connectivity index (χ0n) is 12.5. The quantitative estimate of drug-likeness (QED) is 0.907. The minimum atomic E-state index is -1.09. The molecule has 0 spiro atoms. The minimum absolute atomic E-state index is 0.0440. The lowest BCUT2D eigenvalue weighted by Gasteiger charge is -2.21. The van der Waals surface area contributed by atoms with Gasteiger partial charge in [0.2, 0.25) is 0 Å². The molecule has 0 radical (unpaired) electrons. The van der Waals surface area contributed by atoms with Gasteiger partial charge in [-0.15, -0.1) is 0 Å². The van der Waals surface area contributed by atoms with Crippen molar-refractivity contribution in [2.24, 2.45) is 0 Å². The van der Waals surface area contributed by atoms with Crippen LogP contribution in [0.2, 0.25) is 0 Å². The number of carboxylic acid groups (broad SMARTS) is 1. The molecule has 1 aliphatic heterocycles. The van der Waals surface area contributed by atoms with E-state index < -0.39 is 5.97 Å². The average molecular weight is 313 g/mol. The normalized spacial score (nSPS) is 12.6. The van der Waals surface area contributed by atoms with Crippen molar-refractivity contribution >= 4 is 11.9 Å². The number of carboxylic acids is 1. The predicted molar refractivity (Wildman–Crippen MR) is 83.2 cm³/mol. The molecule has 2 aromatic carbocycles. The Balaban J connectivity index is 2.11. The summed E-state index contributed by atoms with van der Waals surface area (Å²) in [6, 6.07) is 10.2.